The van der Waals surface area contributed by atoms with Crippen LogP contribution >= 0.6 is 11.8 Å². The number of thioether (sulfide) groups is 1. The lowest BCUT2D eigenvalue weighted by atomic mass is 10.1. The first-order valence-corrected chi connectivity index (χ1v) is 10.7. The highest BCUT2D eigenvalue weighted by Crippen LogP contribution is 2.29. The van der Waals surface area contributed by atoms with Crippen LogP contribution < -0.4 is 10.2 Å². The van der Waals surface area contributed by atoms with Crippen LogP contribution in [0, 0.1) is 0 Å². The topological polar surface area (TPSA) is 49.4 Å². The molecule has 2 aromatic rings. The fraction of sp³-hybridized carbons (Fsp3) is 0.364. The van der Waals surface area contributed by atoms with Gasteiger partial charge >= 0.3 is 0 Å². The zero-order valence-electron chi connectivity index (χ0n) is 15.9. The number of hydrogen-bond donors (Lipinski definition) is 1. The molecule has 0 bridgehead atoms. The van der Waals surface area contributed by atoms with Gasteiger partial charge < -0.3 is 5.32 Å². The molecule has 0 aliphatic carbocycles. The minimum absolute atomic E-state index is 0.0336. The van der Waals surface area contributed by atoms with E-state index < -0.39 is 6.04 Å². The van der Waals surface area contributed by atoms with E-state index >= 15 is 0 Å². The van der Waals surface area contributed by atoms with Gasteiger partial charge in [0, 0.05) is 23.5 Å². The van der Waals surface area contributed by atoms with E-state index in [9.17, 15) is 9.59 Å². The van der Waals surface area contributed by atoms with Crippen molar-refractivity contribution in [1.29, 1.82) is 0 Å². The molecule has 27 heavy (non-hydrogen) atoms. The SMILES string of the molecule is CCC(C(=O)NCc1ccc(SC)cc1)N1C(=O)CCCc2ccccc21. The number of fused-ring (bicyclic) bond motifs is 1. The van der Waals surface area contributed by atoms with Gasteiger partial charge in [-0.25, -0.2) is 0 Å². The summed E-state index contributed by atoms with van der Waals surface area (Å²) < 4.78 is 0. The molecule has 0 spiro atoms. The number of para-hydroxylation sites is 1. The van der Waals surface area contributed by atoms with Gasteiger partial charge in [0.05, 0.1) is 0 Å². The van der Waals surface area contributed by atoms with Gasteiger partial charge in [0.1, 0.15) is 6.04 Å². The molecule has 2 aromatic carbocycles. The Labute approximate surface area is 165 Å². The molecule has 2 amide bonds. The maximum absolute atomic E-state index is 12.9. The Morgan fingerprint density at radius 3 is 2.59 bits per heavy atom. The second-order valence-corrected chi connectivity index (χ2v) is 7.62. The van der Waals surface area contributed by atoms with Crippen molar-refractivity contribution < 1.29 is 9.59 Å². The summed E-state index contributed by atoms with van der Waals surface area (Å²) in [4.78, 5) is 28.6. The van der Waals surface area contributed by atoms with Crippen molar-refractivity contribution in [3.05, 3.63) is 59.7 Å². The van der Waals surface area contributed by atoms with Gasteiger partial charge in [-0.3, -0.25) is 14.5 Å². The fourth-order valence-electron chi connectivity index (χ4n) is 3.52. The molecule has 1 N–H and O–H groups in total. The van der Waals surface area contributed by atoms with E-state index in [0.29, 0.717) is 19.4 Å². The second-order valence-electron chi connectivity index (χ2n) is 6.74. The monoisotopic (exact) mass is 382 g/mol. The summed E-state index contributed by atoms with van der Waals surface area (Å²) in [5.74, 6) is -0.0669. The summed E-state index contributed by atoms with van der Waals surface area (Å²) in [6.07, 6.45) is 4.80. The first-order chi connectivity index (χ1) is 13.1. The summed E-state index contributed by atoms with van der Waals surface area (Å²) in [7, 11) is 0. The number of carbonyl (C=O) groups is 2. The number of rotatable bonds is 6. The van der Waals surface area contributed by atoms with Crippen molar-refractivity contribution in [3.8, 4) is 0 Å². The number of hydrogen-bond acceptors (Lipinski definition) is 3. The summed E-state index contributed by atoms with van der Waals surface area (Å²) in [5.41, 5.74) is 3.08. The number of benzene rings is 2. The highest BCUT2D eigenvalue weighted by Gasteiger charge is 2.32. The normalized spacial score (nSPS) is 15.0. The van der Waals surface area contributed by atoms with Crippen LogP contribution in [-0.2, 0) is 22.6 Å². The summed E-state index contributed by atoms with van der Waals surface area (Å²) >= 11 is 1.69. The van der Waals surface area contributed by atoms with Gasteiger partial charge in [-0.2, -0.15) is 0 Å². The van der Waals surface area contributed by atoms with Crippen LogP contribution in [-0.4, -0.2) is 24.1 Å². The molecule has 0 saturated carbocycles. The fourth-order valence-corrected chi connectivity index (χ4v) is 3.93. The van der Waals surface area contributed by atoms with Gasteiger partial charge in [-0.1, -0.05) is 37.3 Å². The molecular formula is C22H26N2O2S. The highest BCUT2D eigenvalue weighted by atomic mass is 32.2. The van der Waals surface area contributed by atoms with Gasteiger partial charge in [0.15, 0.2) is 0 Å². The van der Waals surface area contributed by atoms with E-state index in [1.807, 2.05) is 43.5 Å². The predicted octanol–water partition coefficient (Wildman–Crippen LogP) is 4.17. The zero-order valence-corrected chi connectivity index (χ0v) is 16.7. The van der Waals surface area contributed by atoms with Crippen molar-refractivity contribution in [2.24, 2.45) is 0 Å². The number of nitrogens with zero attached hydrogens (tertiary/aromatic N) is 1. The number of nitrogens with one attached hydrogen (secondary N) is 1. The second kappa shape index (κ2) is 9.09. The van der Waals surface area contributed by atoms with Crippen LogP contribution in [0.1, 0.15) is 37.3 Å². The van der Waals surface area contributed by atoms with E-state index in [4.69, 9.17) is 0 Å². The lowest BCUT2D eigenvalue weighted by Crippen LogP contribution is -2.49. The highest BCUT2D eigenvalue weighted by molar-refractivity contribution is 7.98. The Morgan fingerprint density at radius 2 is 1.89 bits per heavy atom. The maximum Gasteiger partial charge on any atom is 0.243 e. The van der Waals surface area contributed by atoms with E-state index in [2.05, 4.69) is 23.5 Å². The maximum atomic E-state index is 12.9. The average molecular weight is 383 g/mol. The summed E-state index contributed by atoms with van der Waals surface area (Å²) in [6.45, 7) is 2.42. The lowest BCUT2D eigenvalue weighted by molar-refractivity contribution is -0.126. The number of anilines is 1. The number of aryl methyl sites for hydroxylation is 1. The Kier molecular flexibility index (Phi) is 6.56. The first kappa shape index (κ1) is 19.5. The molecule has 1 unspecified atom stereocenters. The van der Waals surface area contributed by atoms with Crippen LogP contribution in [0.3, 0.4) is 0 Å². The minimum atomic E-state index is -0.484. The van der Waals surface area contributed by atoms with Gasteiger partial charge in [-0.15, -0.1) is 11.8 Å². The third-order valence-corrected chi connectivity index (χ3v) is 5.73. The Balaban J connectivity index is 1.76. The molecule has 5 heteroatoms. The molecule has 0 fully saturated rings. The Hall–Kier alpha value is -2.27. The molecule has 1 atom stereocenters. The van der Waals surface area contributed by atoms with E-state index in [1.165, 1.54) is 4.90 Å². The van der Waals surface area contributed by atoms with Gasteiger partial charge in [0.25, 0.3) is 0 Å². The standard InChI is InChI=1S/C22H26N2O2S/c1-3-19(22(26)23-15-16-11-13-18(27-2)14-12-16)24-20-9-5-4-7-17(20)8-6-10-21(24)25/h4-5,7,9,11-14,19H,3,6,8,10,15H2,1-2H3,(H,23,26). The van der Waals surface area contributed by atoms with E-state index in [-0.39, 0.29) is 11.8 Å². The molecule has 3 rings (SSSR count). The Bertz CT molecular complexity index is 804. The molecule has 0 aromatic heterocycles. The Morgan fingerprint density at radius 1 is 1.15 bits per heavy atom. The average Bonchev–Trinajstić information content (AvgIpc) is 2.86. The minimum Gasteiger partial charge on any atom is -0.350 e. The van der Waals surface area contributed by atoms with Crippen LogP contribution in [0.5, 0.6) is 0 Å². The summed E-state index contributed by atoms with van der Waals surface area (Å²) in [5, 5.41) is 3.02. The van der Waals surface area contributed by atoms with Crippen molar-refractivity contribution in [2.75, 3.05) is 11.2 Å². The molecule has 1 aliphatic heterocycles. The third-order valence-electron chi connectivity index (χ3n) is 4.98. The van der Waals surface area contributed by atoms with Gasteiger partial charge in [-0.05, 0) is 54.8 Å². The van der Waals surface area contributed by atoms with Crippen molar-refractivity contribution in [3.63, 3.8) is 0 Å². The largest absolute Gasteiger partial charge is 0.350 e. The first-order valence-electron chi connectivity index (χ1n) is 9.44. The third kappa shape index (κ3) is 4.53. The summed E-state index contributed by atoms with van der Waals surface area (Å²) in [6, 6.07) is 15.6. The number of carbonyl (C=O) groups excluding carboxylic acids is 2. The molecule has 0 saturated heterocycles. The van der Waals surface area contributed by atoms with Crippen LogP contribution in [0.15, 0.2) is 53.4 Å². The van der Waals surface area contributed by atoms with Crippen LogP contribution in [0.2, 0.25) is 0 Å². The molecule has 4 nitrogen and oxygen atoms in total. The van der Waals surface area contributed by atoms with Crippen molar-refractivity contribution in [2.45, 2.75) is 50.1 Å². The molecule has 0 radical (unpaired) electrons. The zero-order chi connectivity index (χ0) is 19.2. The van der Waals surface area contributed by atoms with E-state index in [1.54, 1.807) is 16.7 Å². The molecule has 1 heterocycles. The van der Waals surface area contributed by atoms with Crippen molar-refractivity contribution in [1.82, 2.24) is 5.32 Å². The molecule has 142 valence electrons. The smallest absolute Gasteiger partial charge is 0.243 e. The quantitative estimate of drug-likeness (QED) is 0.763. The van der Waals surface area contributed by atoms with Crippen LogP contribution in [0.4, 0.5) is 5.69 Å². The van der Waals surface area contributed by atoms with E-state index in [0.717, 1.165) is 29.7 Å². The van der Waals surface area contributed by atoms with Crippen molar-refractivity contribution >= 4 is 29.3 Å². The molecular weight excluding hydrogens is 356 g/mol. The lowest BCUT2D eigenvalue weighted by Gasteiger charge is -2.30. The molecule has 1 aliphatic rings. The number of amides is 2. The predicted molar refractivity (Wildman–Crippen MR) is 111 cm³/mol. The van der Waals surface area contributed by atoms with Gasteiger partial charge in [0.2, 0.25) is 11.8 Å². The van der Waals surface area contributed by atoms with Crippen LogP contribution in [0.25, 0.3) is 0 Å².